The third-order valence-electron chi connectivity index (χ3n) is 5.23. The van der Waals surface area contributed by atoms with Gasteiger partial charge in [-0.1, -0.05) is 20.8 Å². The Bertz CT molecular complexity index is 624. The summed E-state index contributed by atoms with van der Waals surface area (Å²) < 4.78 is 16.6. The average molecular weight is 437 g/mol. The van der Waals surface area contributed by atoms with Crippen LogP contribution < -0.4 is 5.32 Å². The quantitative estimate of drug-likeness (QED) is 0.231. The predicted octanol–water partition coefficient (Wildman–Crippen LogP) is -3.06. The summed E-state index contributed by atoms with van der Waals surface area (Å²) in [6.07, 6.45) is -13.9. The maximum atomic E-state index is 11.8. The first kappa shape index (κ1) is 24.9. The first-order chi connectivity index (χ1) is 13.8. The summed E-state index contributed by atoms with van der Waals surface area (Å²) in [5, 5.41) is 62.2. The molecule has 10 unspecified atom stereocenters. The molecule has 2 rings (SSSR count). The monoisotopic (exact) mass is 437 g/mol. The van der Waals surface area contributed by atoms with Crippen molar-refractivity contribution in [2.75, 3.05) is 6.61 Å². The number of hydrogen-bond donors (Lipinski definition) is 7. The second-order valence-corrected chi connectivity index (χ2v) is 8.70. The van der Waals surface area contributed by atoms with Crippen molar-refractivity contribution >= 4 is 11.9 Å². The molecule has 174 valence electrons. The Morgan fingerprint density at radius 3 is 2.07 bits per heavy atom. The standard InChI is InChI=1S/C18H31NO11/c1-6(21)19-8-13(9(22)7(5-20)28-15(8)18(2,3)4)29-17-12(25)10(23)11(24)14(30-17)16(26)27/h7-15,17,20,22-25H,5H2,1-4H3,(H,19,21)(H,26,27). The molecule has 0 radical (unpaired) electrons. The Labute approximate surface area is 173 Å². The Hall–Kier alpha value is -1.38. The second-order valence-electron chi connectivity index (χ2n) is 8.70. The van der Waals surface area contributed by atoms with Crippen LogP contribution in [0.15, 0.2) is 0 Å². The summed E-state index contributed by atoms with van der Waals surface area (Å²) in [5.41, 5.74) is -0.590. The van der Waals surface area contributed by atoms with Crippen molar-refractivity contribution in [1.29, 1.82) is 0 Å². The van der Waals surface area contributed by atoms with Gasteiger partial charge in [-0.3, -0.25) is 4.79 Å². The smallest absolute Gasteiger partial charge is 0.335 e. The number of amides is 1. The Balaban J connectivity index is 2.37. The van der Waals surface area contributed by atoms with E-state index in [2.05, 4.69) is 5.32 Å². The Morgan fingerprint density at radius 1 is 1.00 bits per heavy atom. The number of aliphatic hydroxyl groups excluding tert-OH is 5. The molecule has 2 aliphatic heterocycles. The molecular weight excluding hydrogens is 406 g/mol. The lowest BCUT2D eigenvalue weighted by atomic mass is 9.78. The van der Waals surface area contributed by atoms with E-state index in [1.54, 1.807) is 0 Å². The van der Waals surface area contributed by atoms with Crippen molar-refractivity contribution in [3.05, 3.63) is 0 Å². The Morgan fingerprint density at radius 2 is 1.60 bits per heavy atom. The molecular formula is C18H31NO11. The van der Waals surface area contributed by atoms with Crippen molar-refractivity contribution in [1.82, 2.24) is 5.32 Å². The van der Waals surface area contributed by atoms with E-state index < -0.39 is 85.1 Å². The molecule has 0 aromatic heterocycles. The van der Waals surface area contributed by atoms with Crippen LogP contribution in [0.4, 0.5) is 0 Å². The zero-order valence-electron chi connectivity index (χ0n) is 17.2. The van der Waals surface area contributed by atoms with E-state index in [1.165, 1.54) is 6.92 Å². The lowest BCUT2D eigenvalue weighted by molar-refractivity contribution is -0.329. The van der Waals surface area contributed by atoms with E-state index in [9.17, 15) is 40.2 Å². The summed E-state index contributed by atoms with van der Waals surface area (Å²) in [6, 6.07) is -0.969. The first-order valence-electron chi connectivity index (χ1n) is 9.59. The fourth-order valence-electron chi connectivity index (χ4n) is 3.72. The molecule has 2 heterocycles. The Kier molecular flexibility index (Phi) is 7.80. The number of ether oxygens (including phenoxy) is 3. The van der Waals surface area contributed by atoms with Gasteiger partial charge in [-0.2, -0.15) is 0 Å². The van der Waals surface area contributed by atoms with Gasteiger partial charge in [0, 0.05) is 6.92 Å². The number of aliphatic hydroxyl groups is 5. The number of aliphatic carboxylic acids is 1. The number of carbonyl (C=O) groups excluding carboxylic acids is 1. The van der Waals surface area contributed by atoms with Gasteiger partial charge < -0.3 is 50.2 Å². The molecule has 1 amide bonds. The van der Waals surface area contributed by atoms with Gasteiger partial charge >= 0.3 is 5.97 Å². The molecule has 2 fully saturated rings. The average Bonchev–Trinajstić information content (AvgIpc) is 2.62. The van der Waals surface area contributed by atoms with Crippen LogP contribution in [0.25, 0.3) is 0 Å². The SMILES string of the molecule is CC(=O)NC1C(OC2OC(C(=O)O)C(O)C(O)C2O)C(O)C(CO)OC1C(C)(C)C. The summed E-state index contributed by atoms with van der Waals surface area (Å²) in [4.78, 5) is 23.1. The fraction of sp³-hybridized carbons (Fsp3) is 0.889. The van der Waals surface area contributed by atoms with Crippen LogP contribution in [0.3, 0.4) is 0 Å². The third kappa shape index (κ3) is 5.08. The molecule has 12 nitrogen and oxygen atoms in total. The van der Waals surface area contributed by atoms with E-state index in [0.717, 1.165) is 0 Å². The van der Waals surface area contributed by atoms with E-state index in [0.29, 0.717) is 0 Å². The predicted molar refractivity (Wildman–Crippen MR) is 98.0 cm³/mol. The number of carboxylic acids is 1. The number of rotatable bonds is 5. The maximum absolute atomic E-state index is 11.8. The molecule has 30 heavy (non-hydrogen) atoms. The van der Waals surface area contributed by atoms with Crippen LogP contribution in [0.5, 0.6) is 0 Å². The van der Waals surface area contributed by atoms with Gasteiger partial charge in [-0.25, -0.2) is 4.79 Å². The van der Waals surface area contributed by atoms with Gasteiger partial charge in [-0.05, 0) is 5.41 Å². The highest BCUT2D eigenvalue weighted by Crippen LogP contribution is 2.36. The van der Waals surface area contributed by atoms with E-state index in [1.807, 2.05) is 20.8 Å². The first-order valence-corrected chi connectivity index (χ1v) is 9.59. The van der Waals surface area contributed by atoms with Crippen molar-refractivity contribution < 1.29 is 54.4 Å². The maximum Gasteiger partial charge on any atom is 0.335 e. The number of carbonyl (C=O) groups is 2. The minimum atomic E-state index is -1.91. The van der Waals surface area contributed by atoms with Gasteiger partial charge in [-0.15, -0.1) is 0 Å². The van der Waals surface area contributed by atoms with Crippen molar-refractivity contribution in [3.63, 3.8) is 0 Å². The van der Waals surface area contributed by atoms with E-state index in [4.69, 9.17) is 14.2 Å². The number of carboxylic acid groups (broad SMARTS) is 1. The van der Waals surface area contributed by atoms with Gasteiger partial charge in [0.1, 0.15) is 36.6 Å². The molecule has 2 aliphatic rings. The molecule has 0 aliphatic carbocycles. The van der Waals surface area contributed by atoms with Crippen LogP contribution in [-0.2, 0) is 23.8 Å². The molecule has 0 saturated carbocycles. The molecule has 0 aromatic rings. The zero-order valence-corrected chi connectivity index (χ0v) is 17.2. The summed E-state index contributed by atoms with van der Waals surface area (Å²) in [7, 11) is 0. The lowest BCUT2D eigenvalue weighted by Crippen LogP contribution is -2.69. The topological polar surface area (TPSA) is 195 Å². The largest absolute Gasteiger partial charge is 0.479 e. The lowest BCUT2D eigenvalue weighted by Gasteiger charge is -2.50. The normalized spacial score (nSPS) is 42.6. The molecule has 10 atom stereocenters. The summed E-state index contributed by atoms with van der Waals surface area (Å²) >= 11 is 0. The highest BCUT2D eigenvalue weighted by Gasteiger charge is 2.54. The van der Waals surface area contributed by atoms with Crippen LogP contribution in [0.2, 0.25) is 0 Å². The van der Waals surface area contributed by atoms with Crippen LogP contribution >= 0.6 is 0 Å². The van der Waals surface area contributed by atoms with E-state index in [-0.39, 0.29) is 0 Å². The highest BCUT2D eigenvalue weighted by molar-refractivity contribution is 5.73. The highest BCUT2D eigenvalue weighted by atomic mass is 16.7. The molecule has 0 aromatic carbocycles. The fourth-order valence-corrected chi connectivity index (χ4v) is 3.72. The van der Waals surface area contributed by atoms with E-state index >= 15 is 0 Å². The second kappa shape index (κ2) is 9.40. The van der Waals surface area contributed by atoms with Crippen molar-refractivity contribution in [3.8, 4) is 0 Å². The van der Waals surface area contributed by atoms with Gasteiger partial charge in [0.15, 0.2) is 12.4 Å². The van der Waals surface area contributed by atoms with Gasteiger partial charge in [0.05, 0.1) is 18.8 Å². The molecule has 7 N–H and O–H groups in total. The summed E-state index contributed by atoms with van der Waals surface area (Å²) in [5.74, 6) is -2.06. The molecule has 2 saturated heterocycles. The van der Waals surface area contributed by atoms with Crippen LogP contribution in [0, 0.1) is 5.41 Å². The number of hydrogen-bond acceptors (Lipinski definition) is 10. The van der Waals surface area contributed by atoms with Crippen molar-refractivity contribution in [2.24, 2.45) is 5.41 Å². The van der Waals surface area contributed by atoms with Crippen molar-refractivity contribution in [2.45, 2.75) is 88.9 Å². The minimum Gasteiger partial charge on any atom is -0.479 e. The molecule has 12 heteroatoms. The third-order valence-corrected chi connectivity index (χ3v) is 5.23. The van der Waals surface area contributed by atoms with Gasteiger partial charge in [0.2, 0.25) is 5.91 Å². The summed E-state index contributed by atoms with van der Waals surface area (Å²) in [6.45, 7) is 6.09. The van der Waals surface area contributed by atoms with Gasteiger partial charge in [0.25, 0.3) is 0 Å². The van der Waals surface area contributed by atoms with Crippen LogP contribution in [0.1, 0.15) is 27.7 Å². The molecule has 0 bridgehead atoms. The molecule has 0 spiro atoms. The zero-order chi connectivity index (χ0) is 23.0. The minimum absolute atomic E-state index is 0.468. The number of nitrogens with one attached hydrogen (secondary N) is 1. The van der Waals surface area contributed by atoms with Crippen LogP contribution in [-0.4, -0.2) is 110 Å².